The van der Waals surface area contributed by atoms with E-state index >= 15 is 0 Å². The van der Waals surface area contributed by atoms with Gasteiger partial charge in [-0.05, 0) is 73.2 Å². The molecule has 4 aliphatic rings. The van der Waals surface area contributed by atoms with Crippen LogP contribution in [-0.2, 0) is 23.9 Å². The van der Waals surface area contributed by atoms with Crippen LogP contribution in [-0.4, -0.2) is 34.5 Å². The largest absolute Gasteiger partial charge is 0.458 e. The lowest BCUT2D eigenvalue weighted by atomic mass is 9.46. The molecule has 4 rings (SSSR count). The first-order chi connectivity index (χ1) is 14.6. The molecule has 7 atom stereocenters. The van der Waals surface area contributed by atoms with E-state index in [9.17, 15) is 19.2 Å². The zero-order valence-electron chi connectivity index (χ0n) is 19.1. The van der Waals surface area contributed by atoms with Gasteiger partial charge in [-0.2, -0.15) is 0 Å². The van der Waals surface area contributed by atoms with Crippen molar-refractivity contribution in [1.29, 1.82) is 0 Å². The monoisotopic (exact) mass is 446 g/mol. The number of allylic oxidation sites excluding steroid dienone is 1. The molecule has 4 aliphatic carbocycles. The molecule has 3 saturated carbocycles. The highest BCUT2D eigenvalue weighted by Crippen LogP contribution is 2.68. The van der Waals surface area contributed by atoms with Gasteiger partial charge >= 0.3 is 5.97 Å². The lowest BCUT2D eigenvalue weighted by Gasteiger charge is -2.60. The minimum atomic E-state index is -0.416. The van der Waals surface area contributed by atoms with Gasteiger partial charge in [0, 0.05) is 31.4 Å². The van der Waals surface area contributed by atoms with Crippen molar-refractivity contribution in [2.45, 2.75) is 77.9 Å². The van der Waals surface area contributed by atoms with Crippen molar-refractivity contribution in [3.63, 3.8) is 0 Å². The number of rotatable bonds is 4. The zero-order valence-corrected chi connectivity index (χ0v) is 19.9. The van der Waals surface area contributed by atoms with Crippen molar-refractivity contribution in [2.75, 3.05) is 6.61 Å². The first-order valence-electron chi connectivity index (χ1n) is 11.6. The van der Waals surface area contributed by atoms with Gasteiger partial charge in [0.25, 0.3) is 0 Å². The van der Waals surface area contributed by atoms with Gasteiger partial charge in [0.05, 0.1) is 0 Å². The highest BCUT2D eigenvalue weighted by atomic mass is 32.2. The first-order valence-corrected chi connectivity index (χ1v) is 12.5. The molecule has 0 N–H and O–H groups in total. The maximum absolute atomic E-state index is 13.0. The third-order valence-corrected chi connectivity index (χ3v) is 10.2. The van der Waals surface area contributed by atoms with Crippen LogP contribution in [0.25, 0.3) is 0 Å². The Morgan fingerprint density at radius 3 is 2.52 bits per heavy atom. The summed E-state index contributed by atoms with van der Waals surface area (Å²) in [4.78, 5) is 48.5. The summed E-state index contributed by atoms with van der Waals surface area (Å²) < 4.78 is 5.04. The Morgan fingerprint density at radius 1 is 1.10 bits per heavy atom. The quantitative estimate of drug-likeness (QED) is 0.591. The number of thioether (sulfide) groups is 1. The highest BCUT2D eigenvalue weighted by Gasteiger charge is 2.62. The van der Waals surface area contributed by atoms with Crippen LogP contribution in [0.4, 0.5) is 0 Å². The Labute approximate surface area is 189 Å². The minimum Gasteiger partial charge on any atom is -0.458 e. The first kappa shape index (κ1) is 22.8. The van der Waals surface area contributed by atoms with Gasteiger partial charge < -0.3 is 4.74 Å². The normalized spacial score (nSPS) is 41.5. The van der Waals surface area contributed by atoms with Crippen molar-refractivity contribution >= 4 is 34.4 Å². The van der Waals surface area contributed by atoms with Gasteiger partial charge in [-0.3, -0.25) is 19.2 Å². The van der Waals surface area contributed by atoms with Gasteiger partial charge in [-0.1, -0.05) is 31.2 Å². The topological polar surface area (TPSA) is 77.5 Å². The number of Topliss-reactive ketones (excluding diaryl/α,β-unsaturated/α-hetero) is 1. The van der Waals surface area contributed by atoms with Crippen LogP contribution in [0.5, 0.6) is 0 Å². The third kappa shape index (κ3) is 3.83. The van der Waals surface area contributed by atoms with E-state index in [-0.39, 0.29) is 45.3 Å². The van der Waals surface area contributed by atoms with E-state index < -0.39 is 5.97 Å². The average Bonchev–Trinajstić information content (AvgIpc) is 3.04. The van der Waals surface area contributed by atoms with Gasteiger partial charge in [0.15, 0.2) is 16.7 Å². The molecule has 0 bridgehead atoms. The standard InChI is InChI=1S/C25H34O5S/c1-14(26)30-13-21(29)18-5-6-19-23-20(8-10-25(18,19)4)24(3)9-7-17(28)11-16(24)12-22(23)31-15(2)27/h11,18-20,22-23H,5-10,12-13H2,1-4H3/t18-,19+,20+,22?,23+,24+,25-/m1/s1. The van der Waals surface area contributed by atoms with E-state index in [1.807, 2.05) is 6.08 Å². The molecule has 31 heavy (non-hydrogen) atoms. The number of hydrogen-bond acceptors (Lipinski definition) is 6. The molecule has 1 unspecified atom stereocenters. The SMILES string of the molecule is CC(=O)OCC(=O)[C@H]1CC[C@H]2[C@@H]3C(SC(C)=O)CC4=CC(=O)CC[C@]4(C)[C@H]3CC[C@]12C. The molecule has 3 fully saturated rings. The molecule has 0 aliphatic heterocycles. The molecule has 0 spiro atoms. The molecule has 5 nitrogen and oxygen atoms in total. The molecule has 0 radical (unpaired) electrons. The summed E-state index contributed by atoms with van der Waals surface area (Å²) in [5.41, 5.74) is 1.15. The number of carbonyl (C=O) groups is 4. The Bertz CT molecular complexity index is 847. The molecule has 170 valence electrons. The number of ketones is 2. The number of fused-ring (bicyclic) bond motifs is 5. The number of hydrogen-bond donors (Lipinski definition) is 0. The van der Waals surface area contributed by atoms with E-state index in [4.69, 9.17) is 4.74 Å². The lowest BCUT2D eigenvalue weighted by molar-refractivity contribution is -0.149. The predicted molar refractivity (Wildman–Crippen MR) is 119 cm³/mol. The summed E-state index contributed by atoms with van der Waals surface area (Å²) >= 11 is 1.44. The van der Waals surface area contributed by atoms with Crippen molar-refractivity contribution in [1.82, 2.24) is 0 Å². The fourth-order valence-corrected chi connectivity index (χ4v) is 8.86. The predicted octanol–water partition coefficient (Wildman–Crippen LogP) is 4.52. The second-order valence-electron chi connectivity index (χ2n) is 10.6. The second-order valence-corrected chi connectivity index (χ2v) is 12.0. The van der Waals surface area contributed by atoms with Crippen molar-refractivity contribution in [3.8, 4) is 0 Å². The summed E-state index contributed by atoms with van der Waals surface area (Å²) in [5, 5.41) is 0.294. The van der Waals surface area contributed by atoms with Gasteiger partial charge in [-0.15, -0.1) is 0 Å². The summed E-state index contributed by atoms with van der Waals surface area (Å²) in [6.07, 6.45) is 7.99. The van der Waals surface area contributed by atoms with E-state index in [1.165, 1.54) is 24.3 Å². The third-order valence-electron chi connectivity index (χ3n) is 9.08. The second kappa shape index (κ2) is 8.17. The molecule has 0 aromatic rings. The summed E-state index contributed by atoms with van der Waals surface area (Å²) in [6.45, 7) is 7.43. The van der Waals surface area contributed by atoms with E-state index in [0.717, 1.165) is 38.5 Å². The van der Waals surface area contributed by atoms with Crippen LogP contribution in [0.3, 0.4) is 0 Å². The Kier molecular flexibility index (Phi) is 5.99. The number of ether oxygens (including phenoxy) is 1. The van der Waals surface area contributed by atoms with Crippen LogP contribution in [0.1, 0.15) is 72.6 Å². The van der Waals surface area contributed by atoms with Crippen LogP contribution in [0.15, 0.2) is 11.6 Å². The summed E-state index contributed by atoms with van der Waals surface area (Å²) in [6, 6.07) is 0. The van der Waals surface area contributed by atoms with Gasteiger partial charge in [0.2, 0.25) is 0 Å². The molecular formula is C25H34O5S. The highest BCUT2D eigenvalue weighted by molar-refractivity contribution is 8.14. The zero-order chi connectivity index (χ0) is 22.6. The summed E-state index contributed by atoms with van der Waals surface area (Å²) in [7, 11) is 0. The molecule has 0 aromatic heterocycles. The number of carbonyl (C=O) groups excluding carboxylic acids is 4. The maximum atomic E-state index is 13.0. The molecule has 0 amide bonds. The van der Waals surface area contributed by atoms with Crippen molar-refractivity contribution < 1.29 is 23.9 Å². The van der Waals surface area contributed by atoms with Crippen LogP contribution >= 0.6 is 11.8 Å². The van der Waals surface area contributed by atoms with Crippen molar-refractivity contribution in [3.05, 3.63) is 11.6 Å². The van der Waals surface area contributed by atoms with Gasteiger partial charge in [0.1, 0.15) is 6.61 Å². The van der Waals surface area contributed by atoms with Gasteiger partial charge in [-0.25, -0.2) is 0 Å². The molecule has 6 heteroatoms. The Hall–Kier alpha value is -1.43. The maximum Gasteiger partial charge on any atom is 0.303 e. The fourth-order valence-electron chi connectivity index (χ4n) is 7.64. The lowest BCUT2D eigenvalue weighted by Crippen LogP contribution is -2.55. The van der Waals surface area contributed by atoms with Crippen LogP contribution in [0, 0.1) is 34.5 Å². The molecule has 0 heterocycles. The molecule has 0 saturated heterocycles. The van der Waals surface area contributed by atoms with Crippen LogP contribution < -0.4 is 0 Å². The van der Waals surface area contributed by atoms with E-state index in [0.29, 0.717) is 24.2 Å². The molecular weight excluding hydrogens is 412 g/mol. The minimum absolute atomic E-state index is 0.0214. The summed E-state index contributed by atoms with van der Waals surface area (Å²) in [5.74, 6) is 0.952. The van der Waals surface area contributed by atoms with E-state index in [1.54, 1.807) is 6.92 Å². The van der Waals surface area contributed by atoms with Crippen LogP contribution in [0.2, 0.25) is 0 Å². The average molecular weight is 447 g/mol. The van der Waals surface area contributed by atoms with E-state index in [2.05, 4.69) is 13.8 Å². The number of esters is 1. The molecule has 0 aromatic carbocycles. The smallest absolute Gasteiger partial charge is 0.303 e. The Balaban J connectivity index is 1.66. The fraction of sp³-hybridized carbons (Fsp3) is 0.760. The Morgan fingerprint density at radius 2 is 1.84 bits per heavy atom. The van der Waals surface area contributed by atoms with Crippen molar-refractivity contribution in [2.24, 2.45) is 34.5 Å².